The summed E-state index contributed by atoms with van der Waals surface area (Å²) in [5.41, 5.74) is 2.91. The minimum Gasteiger partial charge on any atom is -0.384 e. The van der Waals surface area contributed by atoms with Gasteiger partial charge in [0.1, 0.15) is 5.02 Å². The van der Waals surface area contributed by atoms with Crippen molar-refractivity contribution in [3.8, 4) is 5.69 Å². The zero-order valence-corrected chi connectivity index (χ0v) is 16.1. The number of rotatable bonds is 5. The Morgan fingerprint density at radius 3 is 2.58 bits per heavy atom. The van der Waals surface area contributed by atoms with Crippen LogP contribution < -0.4 is 10.9 Å². The lowest BCUT2D eigenvalue weighted by Crippen LogP contribution is -2.21. The molecule has 3 rings (SSSR count). The number of hydrogen-bond donors (Lipinski definition) is 1. The molecule has 0 aliphatic carbocycles. The van der Waals surface area contributed by atoms with Crippen LogP contribution in [0.2, 0.25) is 15.1 Å². The molecular formula is C18H15Cl3N4O. The number of benzene rings is 1. The van der Waals surface area contributed by atoms with Crippen molar-refractivity contribution < 1.29 is 0 Å². The molecule has 2 heterocycles. The van der Waals surface area contributed by atoms with Crippen LogP contribution in [-0.2, 0) is 6.42 Å². The smallest absolute Gasteiger partial charge is 0.291 e. The molecule has 0 saturated carbocycles. The number of nitrogens with one attached hydrogen (secondary N) is 1. The molecule has 0 atom stereocenters. The van der Waals surface area contributed by atoms with Crippen molar-refractivity contribution in [1.29, 1.82) is 0 Å². The zero-order valence-electron chi connectivity index (χ0n) is 13.8. The second-order valence-corrected chi connectivity index (χ2v) is 6.86. The average Bonchev–Trinajstić information content (AvgIpc) is 2.63. The molecular weight excluding hydrogens is 395 g/mol. The molecule has 0 unspecified atom stereocenters. The monoisotopic (exact) mass is 408 g/mol. The number of halogens is 3. The first-order chi connectivity index (χ1) is 12.5. The van der Waals surface area contributed by atoms with Crippen LogP contribution in [0.4, 0.5) is 5.69 Å². The van der Waals surface area contributed by atoms with E-state index in [4.69, 9.17) is 34.8 Å². The van der Waals surface area contributed by atoms with Gasteiger partial charge in [-0.25, -0.2) is 0 Å². The SMILES string of the molecule is Cc1ccc(CCNc2ccc(-n3ncc(Cl)c(Cl)c3=O)cc2Cl)cn1. The van der Waals surface area contributed by atoms with Crippen molar-refractivity contribution in [3.05, 3.63) is 79.4 Å². The fraction of sp³-hybridized carbons (Fsp3) is 0.167. The minimum absolute atomic E-state index is 0.0771. The average molecular weight is 410 g/mol. The molecule has 0 aliphatic heterocycles. The van der Waals surface area contributed by atoms with E-state index in [1.54, 1.807) is 18.2 Å². The van der Waals surface area contributed by atoms with Gasteiger partial charge >= 0.3 is 0 Å². The molecule has 0 aliphatic rings. The van der Waals surface area contributed by atoms with E-state index < -0.39 is 5.56 Å². The summed E-state index contributed by atoms with van der Waals surface area (Å²) in [5.74, 6) is 0. The highest BCUT2D eigenvalue weighted by Gasteiger charge is 2.10. The Hall–Kier alpha value is -2.08. The molecule has 0 amide bonds. The van der Waals surface area contributed by atoms with Crippen LogP contribution in [0.1, 0.15) is 11.3 Å². The zero-order chi connectivity index (χ0) is 18.7. The largest absolute Gasteiger partial charge is 0.384 e. The van der Waals surface area contributed by atoms with Crippen molar-refractivity contribution in [2.24, 2.45) is 0 Å². The van der Waals surface area contributed by atoms with E-state index in [-0.39, 0.29) is 10.0 Å². The molecule has 0 radical (unpaired) electrons. The molecule has 1 N–H and O–H groups in total. The highest BCUT2D eigenvalue weighted by atomic mass is 35.5. The predicted octanol–water partition coefficient (Wildman–Crippen LogP) is 4.55. The number of nitrogens with zero attached hydrogens (tertiary/aromatic N) is 3. The first-order valence-corrected chi connectivity index (χ1v) is 8.98. The van der Waals surface area contributed by atoms with Crippen LogP contribution in [-0.4, -0.2) is 21.3 Å². The van der Waals surface area contributed by atoms with Crippen LogP contribution in [0.25, 0.3) is 5.69 Å². The molecule has 1 aromatic carbocycles. The maximum absolute atomic E-state index is 12.2. The normalized spacial score (nSPS) is 10.8. The third kappa shape index (κ3) is 4.18. The van der Waals surface area contributed by atoms with Crippen molar-refractivity contribution >= 4 is 40.5 Å². The van der Waals surface area contributed by atoms with E-state index >= 15 is 0 Å². The summed E-state index contributed by atoms with van der Waals surface area (Å²) < 4.78 is 1.15. The van der Waals surface area contributed by atoms with Gasteiger partial charge in [-0.05, 0) is 43.2 Å². The topological polar surface area (TPSA) is 59.8 Å². The Morgan fingerprint density at radius 2 is 1.88 bits per heavy atom. The van der Waals surface area contributed by atoms with Crippen LogP contribution in [0.5, 0.6) is 0 Å². The van der Waals surface area contributed by atoms with Gasteiger partial charge in [-0.2, -0.15) is 9.78 Å². The fourth-order valence-electron chi connectivity index (χ4n) is 2.36. The lowest BCUT2D eigenvalue weighted by molar-refractivity contribution is 0.807. The lowest BCUT2D eigenvalue weighted by Gasteiger charge is -2.11. The number of aromatic nitrogens is 3. The fourth-order valence-corrected chi connectivity index (χ4v) is 2.86. The van der Waals surface area contributed by atoms with E-state index in [1.165, 1.54) is 6.20 Å². The maximum atomic E-state index is 12.2. The van der Waals surface area contributed by atoms with Crippen LogP contribution >= 0.6 is 34.8 Å². The van der Waals surface area contributed by atoms with Gasteiger partial charge in [-0.15, -0.1) is 0 Å². The number of aryl methyl sites for hydroxylation is 1. The Bertz CT molecular complexity index is 987. The van der Waals surface area contributed by atoms with Crippen molar-refractivity contribution in [1.82, 2.24) is 14.8 Å². The van der Waals surface area contributed by atoms with Gasteiger partial charge in [-0.3, -0.25) is 9.78 Å². The van der Waals surface area contributed by atoms with Gasteiger partial charge in [0.15, 0.2) is 0 Å². The summed E-state index contributed by atoms with van der Waals surface area (Å²) in [6.45, 7) is 2.66. The standard InChI is InChI=1S/C18H15Cl3N4O/c1-11-2-3-12(9-23-11)6-7-22-16-5-4-13(8-14(16)19)25-18(26)17(21)15(20)10-24-25/h2-5,8-10,22H,6-7H2,1H3. The molecule has 26 heavy (non-hydrogen) atoms. The van der Waals surface area contributed by atoms with Crippen molar-refractivity contribution in [3.63, 3.8) is 0 Å². The molecule has 134 valence electrons. The van der Waals surface area contributed by atoms with E-state index in [0.717, 1.165) is 28.0 Å². The van der Waals surface area contributed by atoms with Crippen LogP contribution in [0.15, 0.2) is 47.5 Å². The quantitative estimate of drug-likeness (QED) is 0.671. The van der Waals surface area contributed by atoms with Gasteiger partial charge in [0.25, 0.3) is 5.56 Å². The Labute approximate surface area is 165 Å². The van der Waals surface area contributed by atoms with E-state index in [0.29, 0.717) is 17.3 Å². The minimum atomic E-state index is -0.497. The van der Waals surface area contributed by atoms with Crippen molar-refractivity contribution in [2.75, 3.05) is 11.9 Å². The highest BCUT2D eigenvalue weighted by Crippen LogP contribution is 2.25. The van der Waals surface area contributed by atoms with Crippen LogP contribution in [0.3, 0.4) is 0 Å². The van der Waals surface area contributed by atoms with Crippen LogP contribution in [0, 0.1) is 6.92 Å². The van der Waals surface area contributed by atoms with Gasteiger partial charge in [0.05, 0.1) is 27.6 Å². The van der Waals surface area contributed by atoms with Gasteiger partial charge in [0, 0.05) is 18.4 Å². The van der Waals surface area contributed by atoms with E-state index in [9.17, 15) is 4.79 Å². The molecule has 8 heteroatoms. The van der Waals surface area contributed by atoms with Gasteiger partial charge in [0.2, 0.25) is 0 Å². The predicted molar refractivity (Wildman–Crippen MR) is 106 cm³/mol. The summed E-state index contributed by atoms with van der Waals surface area (Å²) >= 11 is 18.0. The molecule has 0 bridgehead atoms. The molecule has 3 aromatic rings. The third-order valence-electron chi connectivity index (χ3n) is 3.78. The summed E-state index contributed by atoms with van der Waals surface area (Å²) in [4.78, 5) is 16.4. The molecule has 0 saturated heterocycles. The third-order valence-corrected chi connectivity index (χ3v) is 4.84. The van der Waals surface area contributed by atoms with Gasteiger partial charge in [-0.1, -0.05) is 40.9 Å². The summed E-state index contributed by atoms with van der Waals surface area (Å²) in [6, 6.07) is 9.22. The molecule has 0 spiro atoms. The molecule has 2 aromatic heterocycles. The van der Waals surface area contributed by atoms with E-state index in [2.05, 4.69) is 21.5 Å². The number of hydrogen-bond acceptors (Lipinski definition) is 4. The number of pyridine rings is 1. The molecule has 5 nitrogen and oxygen atoms in total. The van der Waals surface area contributed by atoms with E-state index in [1.807, 2.05) is 19.2 Å². The maximum Gasteiger partial charge on any atom is 0.291 e. The lowest BCUT2D eigenvalue weighted by atomic mass is 10.2. The summed E-state index contributed by atoms with van der Waals surface area (Å²) in [7, 11) is 0. The second-order valence-electron chi connectivity index (χ2n) is 5.67. The van der Waals surface area contributed by atoms with Gasteiger partial charge < -0.3 is 5.32 Å². The van der Waals surface area contributed by atoms with Crippen molar-refractivity contribution in [2.45, 2.75) is 13.3 Å². The number of anilines is 1. The Kier molecular flexibility index (Phi) is 5.81. The molecule has 0 fully saturated rings. The Morgan fingerprint density at radius 1 is 1.08 bits per heavy atom. The first-order valence-electron chi connectivity index (χ1n) is 7.84. The Balaban J connectivity index is 1.72. The first kappa shape index (κ1) is 18.7. The highest BCUT2D eigenvalue weighted by molar-refractivity contribution is 6.41. The second kappa shape index (κ2) is 8.08. The summed E-state index contributed by atoms with van der Waals surface area (Å²) in [5, 5.41) is 7.78. The summed E-state index contributed by atoms with van der Waals surface area (Å²) in [6.07, 6.45) is 4.00.